The lowest BCUT2D eigenvalue weighted by atomic mass is 10.1. The number of ether oxygens (including phenoxy) is 1. The smallest absolute Gasteiger partial charge is 0.191 e. The van der Waals surface area contributed by atoms with Crippen LogP contribution >= 0.6 is 15.9 Å². The molecule has 0 aliphatic carbocycles. The van der Waals surface area contributed by atoms with Gasteiger partial charge in [-0.3, -0.25) is 4.79 Å². The SMILES string of the molecule is CN(C)/C=C/C(=O)c1ccccc1Oc1ccc(Br)cc1. The Balaban J connectivity index is 2.24. The molecule has 4 heteroatoms. The van der Waals surface area contributed by atoms with E-state index in [2.05, 4.69) is 15.9 Å². The van der Waals surface area contributed by atoms with Crippen LogP contribution in [-0.4, -0.2) is 24.8 Å². The van der Waals surface area contributed by atoms with Crippen LogP contribution in [0.5, 0.6) is 11.5 Å². The summed E-state index contributed by atoms with van der Waals surface area (Å²) in [5, 5.41) is 0. The molecule has 21 heavy (non-hydrogen) atoms. The van der Waals surface area contributed by atoms with Crippen LogP contribution in [0.2, 0.25) is 0 Å². The minimum absolute atomic E-state index is 0.0867. The minimum atomic E-state index is -0.0867. The summed E-state index contributed by atoms with van der Waals surface area (Å²) in [6.07, 6.45) is 3.25. The number of hydrogen-bond donors (Lipinski definition) is 0. The van der Waals surface area contributed by atoms with Crippen LogP contribution in [0.15, 0.2) is 65.3 Å². The molecule has 0 radical (unpaired) electrons. The predicted octanol–water partition coefficient (Wildman–Crippen LogP) is 4.50. The van der Waals surface area contributed by atoms with Gasteiger partial charge in [-0.05, 0) is 36.4 Å². The lowest BCUT2D eigenvalue weighted by molar-refractivity contribution is 0.104. The molecule has 0 aliphatic heterocycles. The summed E-state index contributed by atoms with van der Waals surface area (Å²) >= 11 is 3.38. The van der Waals surface area contributed by atoms with Crippen LogP contribution in [0, 0.1) is 0 Å². The number of carbonyl (C=O) groups excluding carboxylic acids is 1. The monoisotopic (exact) mass is 345 g/mol. The third kappa shape index (κ3) is 4.46. The largest absolute Gasteiger partial charge is 0.457 e. The number of nitrogens with zero attached hydrogens (tertiary/aromatic N) is 1. The van der Waals surface area contributed by atoms with Crippen molar-refractivity contribution in [2.24, 2.45) is 0 Å². The van der Waals surface area contributed by atoms with Gasteiger partial charge in [0.1, 0.15) is 11.5 Å². The zero-order chi connectivity index (χ0) is 15.2. The third-order valence-electron chi connectivity index (χ3n) is 2.72. The summed E-state index contributed by atoms with van der Waals surface area (Å²) in [7, 11) is 3.74. The average Bonchev–Trinajstić information content (AvgIpc) is 2.48. The average molecular weight is 346 g/mol. The van der Waals surface area contributed by atoms with Gasteiger partial charge in [-0.15, -0.1) is 0 Å². The highest BCUT2D eigenvalue weighted by Gasteiger charge is 2.10. The Morgan fingerprint density at radius 2 is 1.76 bits per heavy atom. The van der Waals surface area contributed by atoms with E-state index in [-0.39, 0.29) is 5.78 Å². The molecule has 0 saturated carbocycles. The van der Waals surface area contributed by atoms with E-state index in [9.17, 15) is 4.79 Å². The van der Waals surface area contributed by atoms with Crippen LogP contribution in [0.4, 0.5) is 0 Å². The maximum absolute atomic E-state index is 12.2. The van der Waals surface area contributed by atoms with Crippen molar-refractivity contribution in [1.82, 2.24) is 4.90 Å². The van der Waals surface area contributed by atoms with Gasteiger partial charge in [0, 0.05) is 30.8 Å². The molecule has 0 bridgehead atoms. The second kappa shape index (κ2) is 7.09. The standard InChI is InChI=1S/C17H16BrNO2/c1-19(2)12-11-16(20)15-5-3-4-6-17(15)21-14-9-7-13(18)8-10-14/h3-12H,1-2H3/b12-11+. The summed E-state index contributed by atoms with van der Waals surface area (Å²) < 4.78 is 6.78. The third-order valence-corrected chi connectivity index (χ3v) is 3.25. The van der Waals surface area contributed by atoms with Gasteiger partial charge in [-0.2, -0.15) is 0 Å². The van der Waals surface area contributed by atoms with Crippen molar-refractivity contribution in [3.8, 4) is 11.5 Å². The van der Waals surface area contributed by atoms with Crippen LogP contribution in [0.3, 0.4) is 0 Å². The number of halogens is 1. The van der Waals surface area contributed by atoms with Gasteiger partial charge in [0.2, 0.25) is 0 Å². The van der Waals surface area contributed by atoms with Crippen molar-refractivity contribution in [3.05, 3.63) is 70.8 Å². The first kappa shape index (κ1) is 15.3. The minimum Gasteiger partial charge on any atom is -0.457 e. The Morgan fingerprint density at radius 1 is 1.10 bits per heavy atom. The number of para-hydroxylation sites is 1. The predicted molar refractivity (Wildman–Crippen MR) is 87.8 cm³/mol. The number of allylic oxidation sites excluding steroid dienone is 1. The Kier molecular flexibility index (Phi) is 5.17. The van der Waals surface area contributed by atoms with Crippen molar-refractivity contribution in [2.45, 2.75) is 0 Å². The van der Waals surface area contributed by atoms with Crippen molar-refractivity contribution >= 4 is 21.7 Å². The quantitative estimate of drug-likeness (QED) is 0.590. The molecule has 2 rings (SSSR count). The van der Waals surface area contributed by atoms with Gasteiger partial charge in [0.15, 0.2) is 5.78 Å². The molecule has 0 aromatic heterocycles. The first-order valence-corrected chi connectivity index (χ1v) is 7.27. The highest BCUT2D eigenvalue weighted by atomic mass is 79.9. The topological polar surface area (TPSA) is 29.5 Å². The van der Waals surface area contributed by atoms with Gasteiger partial charge in [0.25, 0.3) is 0 Å². The van der Waals surface area contributed by atoms with E-state index < -0.39 is 0 Å². The van der Waals surface area contributed by atoms with Gasteiger partial charge in [0.05, 0.1) is 5.56 Å². The van der Waals surface area contributed by atoms with Gasteiger partial charge >= 0.3 is 0 Å². The van der Waals surface area contributed by atoms with E-state index in [4.69, 9.17) is 4.74 Å². The summed E-state index contributed by atoms with van der Waals surface area (Å²) in [5.74, 6) is 1.15. The summed E-state index contributed by atoms with van der Waals surface area (Å²) in [5.41, 5.74) is 0.540. The van der Waals surface area contributed by atoms with E-state index in [1.165, 1.54) is 6.08 Å². The summed E-state index contributed by atoms with van der Waals surface area (Å²) in [6.45, 7) is 0. The molecular formula is C17H16BrNO2. The molecule has 0 saturated heterocycles. The number of rotatable bonds is 5. The fourth-order valence-electron chi connectivity index (χ4n) is 1.70. The van der Waals surface area contributed by atoms with Gasteiger partial charge in [-0.1, -0.05) is 28.1 Å². The van der Waals surface area contributed by atoms with Crippen LogP contribution in [0.25, 0.3) is 0 Å². The van der Waals surface area contributed by atoms with Crippen molar-refractivity contribution in [3.63, 3.8) is 0 Å². The highest BCUT2D eigenvalue weighted by Crippen LogP contribution is 2.26. The number of carbonyl (C=O) groups is 1. The Labute approximate surface area is 133 Å². The van der Waals surface area contributed by atoms with E-state index >= 15 is 0 Å². The van der Waals surface area contributed by atoms with Crippen molar-refractivity contribution in [1.29, 1.82) is 0 Å². The first-order valence-electron chi connectivity index (χ1n) is 6.47. The summed E-state index contributed by atoms with van der Waals surface area (Å²) in [6, 6.07) is 14.7. The molecule has 0 atom stereocenters. The maximum atomic E-state index is 12.2. The normalized spacial score (nSPS) is 10.6. The second-order valence-electron chi connectivity index (χ2n) is 4.70. The maximum Gasteiger partial charge on any atom is 0.191 e. The molecule has 2 aromatic rings. The molecule has 0 fully saturated rings. The molecule has 0 N–H and O–H groups in total. The van der Waals surface area contributed by atoms with E-state index in [1.807, 2.05) is 55.4 Å². The number of hydrogen-bond acceptors (Lipinski definition) is 3. The molecule has 0 unspecified atom stereocenters. The lowest BCUT2D eigenvalue weighted by Crippen LogP contribution is -2.04. The zero-order valence-corrected chi connectivity index (χ0v) is 13.5. The van der Waals surface area contributed by atoms with Crippen molar-refractivity contribution in [2.75, 3.05) is 14.1 Å². The van der Waals surface area contributed by atoms with Crippen LogP contribution in [0.1, 0.15) is 10.4 Å². The zero-order valence-electron chi connectivity index (χ0n) is 11.9. The van der Waals surface area contributed by atoms with Gasteiger partial charge < -0.3 is 9.64 Å². The first-order chi connectivity index (χ1) is 10.1. The molecule has 0 amide bonds. The van der Waals surface area contributed by atoms with E-state index in [0.717, 1.165) is 4.47 Å². The molecule has 108 valence electrons. The van der Waals surface area contributed by atoms with Gasteiger partial charge in [-0.25, -0.2) is 0 Å². The van der Waals surface area contributed by atoms with Crippen molar-refractivity contribution < 1.29 is 9.53 Å². The number of ketones is 1. The molecule has 0 spiro atoms. The molecule has 2 aromatic carbocycles. The lowest BCUT2D eigenvalue weighted by Gasteiger charge is -2.10. The Morgan fingerprint density at radius 3 is 2.43 bits per heavy atom. The van der Waals surface area contributed by atoms with E-state index in [1.54, 1.807) is 18.3 Å². The molecule has 0 heterocycles. The second-order valence-corrected chi connectivity index (χ2v) is 5.61. The Bertz CT molecular complexity index is 648. The fraction of sp³-hybridized carbons (Fsp3) is 0.118. The fourth-order valence-corrected chi connectivity index (χ4v) is 1.96. The number of benzene rings is 2. The molecular weight excluding hydrogens is 330 g/mol. The Hall–Kier alpha value is -2.07. The van der Waals surface area contributed by atoms with Crippen LogP contribution < -0.4 is 4.74 Å². The summed E-state index contributed by atoms with van der Waals surface area (Å²) in [4.78, 5) is 14.0. The molecule has 0 aliphatic rings. The van der Waals surface area contributed by atoms with Crippen LogP contribution in [-0.2, 0) is 0 Å². The highest BCUT2D eigenvalue weighted by molar-refractivity contribution is 9.10. The van der Waals surface area contributed by atoms with E-state index in [0.29, 0.717) is 17.1 Å². The molecule has 3 nitrogen and oxygen atoms in total.